The van der Waals surface area contributed by atoms with Crippen molar-refractivity contribution in [1.29, 1.82) is 0 Å². The molecule has 6 nitrogen and oxygen atoms in total. The van der Waals surface area contributed by atoms with Crippen LogP contribution in [0.2, 0.25) is 0 Å². The third-order valence-electron chi connectivity index (χ3n) is 24.7. The average molecular weight is 1730 g/mol. The molecule has 1 aromatic carbocycles. The number of hydrogen-bond acceptors (Lipinski definition) is 14. The van der Waals surface area contributed by atoms with Gasteiger partial charge in [0, 0.05) is 113 Å². The van der Waals surface area contributed by atoms with Crippen molar-refractivity contribution in [2.24, 2.45) is 11.8 Å². The van der Waals surface area contributed by atoms with Gasteiger partial charge < -0.3 is 0 Å². The van der Waals surface area contributed by atoms with Gasteiger partial charge in [0.05, 0.1) is 32.5 Å². The molecular weight excluding hydrogens is 1590 g/mol. The fourth-order valence-electron chi connectivity index (χ4n) is 17.4. The predicted octanol–water partition coefficient (Wildman–Crippen LogP) is 35.9. The summed E-state index contributed by atoms with van der Waals surface area (Å²) in [6.45, 7) is 28.2. The minimum atomic E-state index is 0.649. The Morgan fingerprint density at radius 2 is 0.602 bits per heavy atom. The lowest BCUT2D eigenvalue weighted by molar-refractivity contribution is 0.450. The molecule has 0 aliphatic rings. The summed E-state index contributed by atoms with van der Waals surface area (Å²) in [5, 5.41) is 2.69. The van der Waals surface area contributed by atoms with E-state index in [1.807, 2.05) is 68.0 Å². The normalized spacial score (nSPS) is 12.6. The number of rotatable bonds is 52. The summed E-state index contributed by atoms with van der Waals surface area (Å²) in [7, 11) is 0. The van der Waals surface area contributed by atoms with Gasteiger partial charge in [0.2, 0.25) is 0 Å². The van der Waals surface area contributed by atoms with Gasteiger partial charge in [0.1, 0.15) is 33.5 Å². The molecule has 13 aromatic rings. The van der Waals surface area contributed by atoms with E-state index in [4.69, 9.17) is 29.9 Å². The molecule has 118 heavy (non-hydrogen) atoms. The molecule has 0 aliphatic heterocycles. The van der Waals surface area contributed by atoms with E-state index in [-0.39, 0.29) is 0 Å². The first kappa shape index (κ1) is 90.1. The van der Waals surface area contributed by atoms with Gasteiger partial charge in [0.25, 0.3) is 0 Å². The second-order valence-electron chi connectivity index (χ2n) is 34.0. The molecule has 13 rings (SSSR count). The van der Waals surface area contributed by atoms with Gasteiger partial charge in [-0.25, -0.2) is 19.9 Å². The van der Waals surface area contributed by atoms with Crippen molar-refractivity contribution in [3.8, 4) is 82.4 Å². The highest BCUT2D eigenvalue weighted by molar-refractivity contribution is 7.27. The van der Waals surface area contributed by atoms with Crippen LogP contribution in [-0.4, -0.2) is 29.9 Å². The van der Waals surface area contributed by atoms with Crippen molar-refractivity contribution in [1.82, 2.24) is 29.9 Å². The lowest BCUT2D eigenvalue weighted by Gasteiger charge is -2.14. The van der Waals surface area contributed by atoms with E-state index < -0.39 is 0 Å². The molecule has 2 unspecified atom stereocenters. The quantitative estimate of drug-likeness (QED) is 0.0354. The van der Waals surface area contributed by atoms with E-state index >= 15 is 0 Å². The first-order chi connectivity index (χ1) is 58.0. The molecule has 630 valence electrons. The summed E-state index contributed by atoms with van der Waals surface area (Å²) in [5.74, 6) is 1.30. The second kappa shape index (κ2) is 45.6. The monoisotopic (exact) mass is 1720 g/mol. The Hall–Kier alpha value is -5.68. The molecule has 0 saturated carbocycles. The van der Waals surface area contributed by atoms with Crippen LogP contribution in [0.25, 0.3) is 125 Å². The molecule has 14 heteroatoms. The molecule has 12 heterocycles. The van der Waals surface area contributed by atoms with Crippen molar-refractivity contribution < 1.29 is 0 Å². The van der Waals surface area contributed by atoms with E-state index in [1.54, 1.807) is 20.9 Å². The van der Waals surface area contributed by atoms with Gasteiger partial charge in [-0.15, -0.1) is 90.7 Å². The molecule has 0 N–H and O–H groups in total. The topological polar surface area (TPSA) is 77.3 Å². The van der Waals surface area contributed by atoms with Gasteiger partial charge in [-0.1, -0.05) is 237 Å². The Morgan fingerprint density at radius 3 is 0.958 bits per heavy atom. The highest BCUT2D eigenvalue weighted by Gasteiger charge is 2.31. The number of aromatic nitrogens is 6. The number of thiophene rings is 8. The first-order valence-electron chi connectivity index (χ1n) is 47.0. The highest BCUT2D eigenvalue weighted by Crippen LogP contribution is 2.57. The zero-order chi connectivity index (χ0) is 82.3. The number of fused-ring (bicyclic) bond motifs is 4. The lowest BCUT2D eigenvalue weighted by atomic mass is 9.92. The van der Waals surface area contributed by atoms with Gasteiger partial charge in [-0.05, 0) is 211 Å². The first-order valence-corrected chi connectivity index (χ1v) is 53.6. The molecule has 0 radical (unpaired) electrons. The molecule has 0 spiro atoms. The Kier molecular flexibility index (Phi) is 34.8. The van der Waals surface area contributed by atoms with Gasteiger partial charge in [-0.3, -0.25) is 9.97 Å². The number of aryl methyl sites for hydroxylation is 8. The number of nitrogens with zero attached hydrogens (tertiary/aromatic N) is 6. The largest absolute Gasteiger partial charge is 0.252 e. The van der Waals surface area contributed by atoms with Crippen molar-refractivity contribution in [2.75, 3.05) is 0 Å². The fourth-order valence-corrected chi connectivity index (χ4v) is 27.1. The maximum absolute atomic E-state index is 6.01. The van der Waals surface area contributed by atoms with Crippen LogP contribution >= 0.6 is 90.7 Å². The molecular formula is C104H136N6S8. The van der Waals surface area contributed by atoms with Crippen LogP contribution in [0.4, 0.5) is 0 Å². The maximum Gasteiger partial charge on any atom is 0.117 e. The highest BCUT2D eigenvalue weighted by atomic mass is 32.1. The van der Waals surface area contributed by atoms with Gasteiger partial charge in [0.15, 0.2) is 0 Å². The molecule has 2 atom stereocenters. The zero-order valence-electron chi connectivity index (χ0n) is 73.9. The summed E-state index contributed by atoms with van der Waals surface area (Å²) in [6.07, 6.45) is 53.8. The Morgan fingerprint density at radius 1 is 0.271 bits per heavy atom. The summed E-state index contributed by atoms with van der Waals surface area (Å²) in [4.78, 5) is 54.3. The van der Waals surface area contributed by atoms with Crippen molar-refractivity contribution >= 4 is 133 Å². The Bertz CT molecular complexity index is 4930. The molecule has 0 saturated heterocycles. The Labute approximate surface area is 741 Å². The molecule has 0 bridgehead atoms. The number of pyridine rings is 2. The molecule has 12 aromatic heterocycles. The smallest absolute Gasteiger partial charge is 0.117 e. The summed E-state index contributed by atoms with van der Waals surface area (Å²) in [6, 6.07) is 29.5. The standard InChI is InChI=1S/C104H136N6S8/c1-13-25-35-39-45-71-63-93(115-89(71)61-69(23-11)43-29-17-5)95-75-65-91(77-67-105-99(101-97(77)107-79(49-31-19-7)81(109-101)51-33-21-9)87-59-57-85(113-87)83-55-53-73(111-83)47-41-37-27-15-3)118-104(75)96(94-64-72(46-40-36-26-14-2)90(116-94)62-70(24-12)44-30-18-6)76-66-92(117-103(76)95)78-68-106-100(102-98(78)108-80(50-32-20-8)82(110-102)52-34-22-10)88-60-58-86(114-88)84-56-54-74(112-84)48-42-38-28-16-4/h53-60,63-70H,13-52,61-62H2,1-12H3. The van der Waals surface area contributed by atoms with Crippen LogP contribution in [0.1, 0.15) is 342 Å². The summed E-state index contributed by atoms with van der Waals surface area (Å²) >= 11 is 15.9. The van der Waals surface area contributed by atoms with E-state index in [2.05, 4.69) is 191 Å². The van der Waals surface area contributed by atoms with Crippen molar-refractivity contribution in [3.05, 3.63) is 139 Å². The maximum atomic E-state index is 6.01. The summed E-state index contributed by atoms with van der Waals surface area (Å²) in [5.41, 5.74) is 18.5. The fraction of sp³-hybridized carbons (Fsp3) is 0.538. The lowest BCUT2D eigenvalue weighted by Crippen LogP contribution is -2.05. The SMILES string of the molecule is CCCCCCc1ccc(-c2ccc(-c3ncc(-c4cc5c(-c6cc(CCCCCC)c(CC(CC)CCCC)s6)c6sc(-c7cnc(-c8ccc(-c9ccc(CCCCCC)s9)s8)c8nc(CCCC)c(CCCC)nc78)cc6c(-c6cc(CCCCCC)c(CC(CC)CCCC)s6)c5s4)c4nc(CCCC)c(CCCC)nc34)s2)s1. The van der Waals surface area contributed by atoms with E-state index in [0.29, 0.717) is 11.8 Å². The second-order valence-corrected chi connectivity index (χ2v) is 42.9. The van der Waals surface area contributed by atoms with E-state index in [9.17, 15) is 0 Å². The van der Waals surface area contributed by atoms with Crippen molar-refractivity contribution in [2.45, 2.75) is 353 Å². The van der Waals surface area contributed by atoms with Crippen LogP contribution in [0.15, 0.2) is 85.2 Å². The zero-order valence-corrected chi connectivity index (χ0v) is 80.4. The summed E-state index contributed by atoms with van der Waals surface area (Å²) < 4.78 is 2.73. The number of benzene rings is 1. The van der Waals surface area contributed by atoms with Crippen LogP contribution in [-0.2, 0) is 64.2 Å². The predicted molar refractivity (Wildman–Crippen MR) is 530 cm³/mol. The third kappa shape index (κ3) is 22.1. The van der Waals surface area contributed by atoms with Gasteiger partial charge in [-0.2, -0.15) is 0 Å². The Balaban J connectivity index is 1.09. The minimum Gasteiger partial charge on any atom is -0.252 e. The number of hydrogen-bond donors (Lipinski definition) is 0. The molecule has 0 fully saturated rings. The van der Waals surface area contributed by atoms with E-state index in [0.717, 1.165) is 193 Å². The van der Waals surface area contributed by atoms with Crippen LogP contribution in [0.3, 0.4) is 0 Å². The van der Waals surface area contributed by atoms with Crippen LogP contribution in [0.5, 0.6) is 0 Å². The van der Waals surface area contributed by atoms with Crippen LogP contribution in [0, 0.1) is 11.8 Å². The third-order valence-corrected chi connectivity index (χ3v) is 34.4. The van der Waals surface area contributed by atoms with Crippen molar-refractivity contribution in [3.63, 3.8) is 0 Å². The minimum absolute atomic E-state index is 0.649. The average Bonchev–Trinajstić information content (AvgIpc) is 1.55. The molecule has 0 aliphatic carbocycles. The van der Waals surface area contributed by atoms with Crippen LogP contribution < -0.4 is 0 Å². The molecule has 0 amide bonds. The van der Waals surface area contributed by atoms with E-state index in [1.165, 1.54) is 234 Å². The van der Waals surface area contributed by atoms with Gasteiger partial charge >= 0.3 is 0 Å². The number of unbranched alkanes of at least 4 members (excludes halogenated alkanes) is 18.